The Morgan fingerprint density at radius 2 is 1.89 bits per heavy atom. The van der Waals surface area contributed by atoms with Crippen molar-refractivity contribution in [1.82, 2.24) is 4.90 Å². The molecule has 11 heteroatoms. The fourth-order valence-corrected chi connectivity index (χ4v) is 7.52. The smallest absolute Gasteiger partial charge is 0.410 e. The molecule has 3 aliphatic rings. The predicted molar refractivity (Wildman–Crippen MR) is 177 cm³/mol. The van der Waals surface area contributed by atoms with Gasteiger partial charge in [0.15, 0.2) is 0 Å². The van der Waals surface area contributed by atoms with Crippen molar-refractivity contribution in [3.8, 4) is 11.5 Å². The number of alkyl halides is 1. The first-order valence-corrected chi connectivity index (χ1v) is 16.7. The van der Waals surface area contributed by atoms with Crippen LogP contribution in [0.15, 0.2) is 60.3 Å². The molecule has 0 saturated heterocycles. The van der Waals surface area contributed by atoms with E-state index < -0.39 is 23.8 Å². The van der Waals surface area contributed by atoms with Crippen molar-refractivity contribution in [3.05, 3.63) is 60.7 Å². The Morgan fingerprint density at radius 1 is 1.15 bits per heavy atom. The van der Waals surface area contributed by atoms with Gasteiger partial charge < -0.3 is 38.9 Å². The van der Waals surface area contributed by atoms with Crippen molar-refractivity contribution >= 4 is 23.4 Å². The quantitative estimate of drug-likeness (QED) is 0.0875. The van der Waals surface area contributed by atoms with Crippen LogP contribution in [0.3, 0.4) is 0 Å². The summed E-state index contributed by atoms with van der Waals surface area (Å²) >= 11 is 5.86. The fourth-order valence-electron chi connectivity index (χ4n) is 7.44. The number of allylic oxidation sites excluding steroid dienone is 1. The first-order chi connectivity index (χ1) is 22.4. The molecule has 1 fully saturated rings. The number of amides is 1. The summed E-state index contributed by atoms with van der Waals surface area (Å²) in [6.45, 7) is 8.56. The highest BCUT2D eigenvalue weighted by Gasteiger charge is 2.65. The number of hydrogen-bond acceptors (Lipinski definition) is 9. The predicted octanol–water partition coefficient (Wildman–Crippen LogP) is 5.82. The molecule has 6 unspecified atom stereocenters. The van der Waals surface area contributed by atoms with E-state index in [0.29, 0.717) is 43.1 Å². The molecule has 0 bridgehead atoms. The van der Waals surface area contributed by atoms with E-state index in [0.717, 1.165) is 36.8 Å². The van der Waals surface area contributed by atoms with Crippen molar-refractivity contribution < 1.29 is 38.8 Å². The molecule has 6 atom stereocenters. The number of aliphatic hydroxyl groups is 2. The lowest BCUT2D eigenvalue weighted by atomic mass is 9.55. The van der Waals surface area contributed by atoms with Crippen LogP contribution in [-0.2, 0) is 14.3 Å². The van der Waals surface area contributed by atoms with Gasteiger partial charge in [0.05, 0.1) is 24.1 Å². The van der Waals surface area contributed by atoms with Crippen molar-refractivity contribution in [2.24, 2.45) is 22.9 Å². The van der Waals surface area contributed by atoms with Gasteiger partial charge >= 0.3 is 6.09 Å². The molecule has 1 aromatic carbocycles. The third-order valence-electron chi connectivity index (χ3n) is 9.27. The number of fused-ring (bicyclic) bond motifs is 2. The summed E-state index contributed by atoms with van der Waals surface area (Å²) in [4.78, 5) is 20.3. The van der Waals surface area contributed by atoms with Gasteiger partial charge in [0.2, 0.25) is 5.79 Å². The number of nitrogens with zero attached hydrogens (tertiary/aromatic N) is 2. The van der Waals surface area contributed by atoms with Gasteiger partial charge in [-0.2, -0.15) is 0 Å². The van der Waals surface area contributed by atoms with Gasteiger partial charge in [-0.15, -0.1) is 18.2 Å². The van der Waals surface area contributed by atoms with Crippen LogP contribution in [0.25, 0.3) is 0 Å². The van der Waals surface area contributed by atoms with E-state index >= 15 is 0 Å². The lowest BCUT2D eigenvalue weighted by Crippen LogP contribution is -2.69. The third kappa shape index (κ3) is 7.56. The second kappa shape index (κ2) is 17.2. The molecule has 1 amide bonds. The van der Waals surface area contributed by atoms with Crippen LogP contribution in [-0.4, -0.2) is 91.8 Å². The summed E-state index contributed by atoms with van der Waals surface area (Å²) in [6, 6.07) is 5.18. The van der Waals surface area contributed by atoms with Crippen LogP contribution in [0, 0.1) is 17.8 Å². The summed E-state index contributed by atoms with van der Waals surface area (Å²) in [5.74, 6) is -0.0551. The molecule has 1 aliphatic heterocycles. The SMILES string of the molecule is C=CCOc1ccc2c(c1)C1C(CCCCO)C(CCCCO)C=C3C(=NOC)CC(N(C)C(=O)OCCCl)C(OCC=C)(O2)C31. The highest BCUT2D eigenvalue weighted by Crippen LogP contribution is 2.61. The van der Waals surface area contributed by atoms with Gasteiger partial charge in [-0.05, 0) is 61.3 Å². The summed E-state index contributed by atoms with van der Waals surface area (Å²) in [5.41, 5.74) is 2.66. The number of ether oxygens (including phenoxy) is 4. The first kappa shape index (κ1) is 35.8. The first-order valence-electron chi connectivity index (χ1n) is 16.2. The number of benzene rings is 1. The second-order valence-corrected chi connectivity index (χ2v) is 12.3. The van der Waals surface area contributed by atoms with Crippen molar-refractivity contribution in [1.29, 1.82) is 0 Å². The number of likely N-dealkylation sites (N-methyl/N-ethyl adjacent to an activating group) is 1. The van der Waals surface area contributed by atoms with E-state index in [1.54, 1.807) is 19.2 Å². The van der Waals surface area contributed by atoms with Gasteiger partial charge in [0.1, 0.15) is 37.9 Å². The molecule has 0 radical (unpaired) electrons. The van der Waals surface area contributed by atoms with E-state index in [-0.39, 0.29) is 50.1 Å². The standard InChI is InChI=1S/C35H49ClN2O8/c1-5-18-43-25-13-14-30-28(22-25)32-26(12-8-10-17-40)24(11-7-9-16-39)21-27-29(37-42-4)23-31(38(3)34(41)44-20-15-36)35(46-30,33(27)32)45-19-6-2/h5-6,13-14,21-22,24,26,31-33,39-40H,1-2,7-12,15-20,23H2,3-4H3. The molecule has 0 spiro atoms. The number of unbranched alkanes of at least 4 members (excludes halogenated alkanes) is 2. The maximum atomic E-state index is 13.4. The van der Waals surface area contributed by atoms with Crippen molar-refractivity contribution in [2.75, 3.05) is 53.1 Å². The highest BCUT2D eigenvalue weighted by atomic mass is 35.5. The third-order valence-corrected chi connectivity index (χ3v) is 9.43. The number of aliphatic hydroxyl groups excluding tert-OH is 2. The molecule has 2 aliphatic carbocycles. The number of carbonyl (C=O) groups is 1. The molecule has 4 rings (SSSR count). The van der Waals surface area contributed by atoms with Gasteiger partial charge in [0, 0.05) is 38.2 Å². The van der Waals surface area contributed by atoms with E-state index in [4.69, 9.17) is 35.4 Å². The molecule has 1 saturated carbocycles. The normalized spacial score (nSPS) is 27.0. The average molecular weight is 661 g/mol. The lowest BCUT2D eigenvalue weighted by Gasteiger charge is -2.59. The zero-order valence-electron chi connectivity index (χ0n) is 27.1. The van der Waals surface area contributed by atoms with Crippen LogP contribution >= 0.6 is 11.6 Å². The maximum Gasteiger partial charge on any atom is 0.410 e. The van der Waals surface area contributed by atoms with Crippen LogP contribution in [0.2, 0.25) is 0 Å². The Morgan fingerprint density at radius 3 is 2.57 bits per heavy atom. The van der Waals surface area contributed by atoms with E-state index in [2.05, 4.69) is 24.4 Å². The largest absolute Gasteiger partial charge is 0.490 e. The number of halogens is 1. The van der Waals surface area contributed by atoms with Crippen molar-refractivity contribution in [2.45, 2.75) is 62.7 Å². The Kier molecular flexibility index (Phi) is 13.4. The number of hydrogen-bond donors (Lipinski definition) is 2. The molecule has 10 nitrogen and oxygen atoms in total. The summed E-state index contributed by atoms with van der Waals surface area (Å²) in [7, 11) is 3.20. The molecular weight excluding hydrogens is 612 g/mol. The molecule has 46 heavy (non-hydrogen) atoms. The van der Waals surface area contributed by atoms with E-state index in [1.807, 2.05) is 18.2 Å². The Hall–Kier alpha value is -3.05. The van der Waals surface area contributed by atoms with E-state index in [9.17, 15) is 15.0 Å². The Labute approximate surface area is 277 Å². The molecule has 254 valence electrons. The highest BCUT2D eigenvalue weighted by molar-refractivity contribution is 6.18. The molecule has 1 heterocycles. The minimum Gasteiger partial charge on any atom is -0.490 e. The van der Waals surface area contributed by atoms with Crippen LogP contribution in [0.4, 0.5) is 4.79 Å². The molecule has 1 aromatic rings. The van der Waals surface area contributed by atoms with Gasteiger partial charge in [-0.1, -0.05) is 42.8 Å². The summed E-state index contributed by atoms with van der Waals surface area (Å²) < 4.78 is 25.2. The van der Waals surface area contributed by atoms with Crippen LogP contribution < -0.4 is 9.47 Å². The summed E-state index contributed by atoms with van der Waals surface area (Å²) in [5, 5.41) is 23.8. The van der Waals surface area contributed by atoms with Crippen molar-refractivity contribution in [3.63, 3.8) is 0 Å². The maximum absolute atomic E-state index is 13.4. The Bertz CT molecular complexity index is 1250. The number of rotatable bonds is 18. The topological polar surface area (TPSA) is 119 Å². The van der Waals surface area contributed by atoms with Crippen LogP contribution in [0.5, 0.6) is 11.5 Å². The van der Waals surface area contributed by atoms with Crippen LogP contribution in [0.1, 0.15) is 56.4 Å². The van der Waals surface area contributed by atoms with Gasteiger partial charge in [-0.25, -0.2) is 4.79 Å². The lowest BCUT2D eigenvalue weighted by molar-refractivity contribution is -0.253. The number of oxime groups is 1. The molecule has 0 aromatic heterocycles. The fraction of sp³-hybridized carbons (Fsp3) is 0.600. The minimum absolute atomic E-state index is 0.0633. The zero-order chi connectivity index (χ0) is 33.1. The monoisotopic (exact) mass is 660 g/mol. The van der Waals surface area contributed by atoms with E-state index in [1.165, 1.54) is 12.0 Å². The van der Waals surface area contributed by atoms with Gasteiger partial charge in [0.25, 0.3) is 0 Å². The Balaban J connectivity index is 1.98. The molecule has 2 N–H and O–H groups in total. The molecular formula is C35H49ClN2O8. The second-order valence-electron chi connectivity index (χ2n) is 12.0. The van der Waals surface area contributed by atoms with Gasteiger partial charge in [-0.3, -0.25) is 0 Å². The zero-order valence-corrected chi connectivity index (χ0v) is 27.8. The minimum atomic E-state index is -1.33. The number of carbonyl (C=O) groups excluding carboxylic acids is 1. The average Bonchev–Trinajstić information content (AvgIpc) is 3.07. The summed E-state index contributed by atoms with van der Waals surface area (Å²) in [6.07, 6.45) is 10.2.